The van der Waals surface area contributed by atoms with Crippen molar-refractivity contribution in [2.45, 2.75) is 39.5 Å². The minimum absolute atomic E-state index is 0.0156. The third-order valence-electron chi connectivity index (χ3n) is 5.00. The Morgan fingerprint density at radius 1 is 1.16 bits per heavy atom. The van der Waals surface area contributed by atoms with Crippen LogP contribution in [0.25, 0.3) is 0 Å². The Labute approximate surface area is 179 Å². The Hall–Kier alpha value is -3.28. The van der Waals surface area contributed by atoms with Crippen molar-refractivity contribution in [2.24, 2.45) is 0 Å². The molecule has 3 rings (SSSR count). The summed E-state index contributed by atoms with van der Waals surface area (Å²) in [4.78, 5) is 12.5. The molecule has 0 aromatic heterocycles. The SMILES string of the molecule is C=C(CC)/C(F)=C1/Oc2c(cc(C(=O)Oc3ccc(CCC)cc3)c(F)c2F)CC1=C. The second-order valence-corrected chi connectivity index (χ2v) is 7.31. The van der Waals surface area contributed by atoms with E-state index in [1.54, 1.807) is 31.2 Å². The van der Waals surface area contributed by atoms with E-state index in [9.17, 15) is 18.0 Å². The van der Waals surface area contributed by atoms with Crippen molar-refractivity contribution >= 4 is 5.97 Å². The van der Waals surface area contributed by atoms with E-state index in [2.05, 4.69) is 13.2 Å². The van der Waals surface area contributed by atoms with Gasteiger partial charge in [-0.1, -0.05) is 45.6 Å². The summed E-state index contributed by atoms with van der Waals surface area (Å²) in [5.74, 6) is -5.14. The van der Waals surface area contributed by atoms with Gasteiger partial charge in [0.25, 0.3) is 0 Å². The van der Waals surface area contributed by atoms with E-state index in [1.807, 2.05) is 6.92 Å². The van der Waals surface area contributed by atoms with Crippen LogP contribution in [-0.2, 0) is 12.8 Å². The lowest BCUT2D eigenvalue weighted by molar-refractivity contribution is 0.0728. The highest BCUT2D eigenvalue weighted by Gasteiger charge is 2.31. The Bertz CT molecular complexity index is 1080. The molecule has 0 saturated heterocycles. The summed E-state index contributed by atoms with van der Waals surface area (Å²) in [6.45, 7) is 11.1. The smallest absolute Gasteiger partial charge is 0.346 e. The molecule has 0 bridgehead atoms. The van der Waals surface area contributed by atoms with Crippen molar-refractivity contribution < 1.29 is 27.4 Å². The largest absolute Gasteiger partial charge is 0.450 e. The number of ether oxygens (including phenoxy) is 2. The molecule has 6 heteroatoms. The van der Waals surface area contributed by atoms with Crippen LogP contribution in [0.2, 0.25) is 0 Å². The van der Waals surface area contributed by atoms with Crippen LogP contribution in [-0.4, -0.2) is 5.97 Å². The van der Waals surface area contributed by atoms with Gasteiger partial charge < -0.3 is 9.47 Å². The predicted octanol–water partition coefficient (Wildman–Crippen LogP) is 6.77. The van der Waals surface area contributed by atoms with Gasteiger partial charge in [0.2, 0.25) is 5.82 Å². The quantitative estimate of drug-likeness (QED) is 0.376. The highest BCUT2D eigenvalue weighted by atomic mass is 19.2. The Kier molecular flexibility index (Phi) is 6.68. The molecule has 2 aromatic carbocycles. The normalized spacial score (nSPS) is 14.5. The number of allylic oxidation sites excluding steroid dienone is 3. The van der Waals surface area contributed by atoms with Crippen LogP contribution >= 0.6 is 0 Å². The molecule has 0 N–H and O–H groups in total. The molecule has 0 unspecified atom stereocenters. The van der Waals surface area contributed by atoms with E-state index < -0.39 is 34.7 Å². The maximum absolute atomic E-state index is 14.7. The third kappa shape index (κ3) is 4.58. The van der Waals surface area contributed by atoms with Crippen LogP contribution in [0, 0.1) is 11.6 Å². The van der Waals surface area contributed by atoms with E-state index in [-0.39, 0.29) is 34.6 Å². The number of esters is 1. The molecule has 31 heavy (non-hydrogen) atoms. The average Bonchev–Trinajstić information content (AvgIpc) is 2.76. The molecule has 0 saturated carbocycles. The van der Waals surface area contributed by atoms with E-state index in [0.29, 0.717) is 6.42 Å². The minimum atomic E-state index is -1.42. The molecule has 1 aliphatic rings. The van der Waals surface area contributed by atoms with Gasteiger partial charge >= 0.3 is 5.97 Å². The van der Waals surface area contributed by atoms with Gasteiger partial charge in [0, 0.05) is 12.0 Å². The number of hydrogen-bond donors (Lipinski definition) is 0. The fraction of sp³-hybridized carbons (Fsp3) is 0.240. The van der Waals surface area contributed by atoms with E-state index in [0.717, 1.165) is 24.5 Å². The van der Waals surface area contributed by atoms with Crippen molar-refractivity contribution in [3.05, 3.63) is 94.5 Å². The summed E-state index contributed by atoms with van der Waals surface area (Å²) in [7, 11) is 0. The van der Waals surface area contributed by atoms with Crippen molar-refractivity contribution in [2.75, 3.05) is 0 Å². The summed E-state index contributed by atoms with van der Waals surface area (Å²) < 4.78 is 54.4. The number of hydrogen-bond acceptors (Lipinski definition) is 3. The van der Waals surface area contributed by atoms with Gasteiger partial charge in [0.15, 0.2) is 23.2 Å². The second-order valence-electron chi connectivity index (χ2n) is 7.31. The van der Waals surface area contributed by atoms with E-state index in [1.165, 1.54) is 0 Å². The van der Waals surface area contributed by atoms with Crippen LogP contribution in [0.3, 0.4) is 0 Å². The van der Waals surface area contributed by atoms with Crippen LogP contribution in [0.5, 0.6) is 11.5 Å². The first-order chi connectivity index (χ1) is 14.8. The average molecular weight is 428 g/mol. The zero-order chi connectivity index (χ0) is 22.7. The molecule has 0 amide bonds. The summed E-state index contributed by atoms with van der Waals surface area (Å²) in [5, 5.41) is 0. The first-order valence-electron chi connectivity index (χ1n) is 10.0. The van der Waals surface area contributed by atoms with Crippen LogP contribution in [0.15, 0.2) is 66.2 Å². The Morgan fingerprint density at radius 3 is 2.45 bits per heavy atom. The summed E-state index contributed by atoms with van der Waals surface area (Å²) >= 11 is 0. The van der Waals surface area contributed by atoms with Gasteiger partial charge in [0.1, 0.15) is 5.75 Å². The van der Waals surface area contributed by atoms with E-state index >= 15 is 0 Å². The molecule has 2 aromatic rings. The zero-order valence-corrected chi connectivity index (χ0v) is 17.5. The number of carbonyl (C=O) groups is 1. The van der Waals surface area contributed by atoms with Crippen molar-refractivity contribution in [3.8, 4) is 11.5 Å². The topological polar surface area (TPSA) is 35.5 Å². The van der Waals surface area contributed by atoms with Gasteiger partial charge in [0.05, 0.1) is 5.56 Å². The fourth-order valence-electron chi connectivity index (χ4n) is 3.23. The molecule has 0 spiro atoms. The summed E-state index contributed by atoms with van der Waals surface area (Å²) in [5.41, 5.74) is 1.07. The summed E-state index contributed by atoms with van der Waals surface area (Å²) in [6, 6.07) is 7.96. The van der Waals surface area contributed by atoms with Gasteiger partial charge in [-0.2, -0.15) is 4.39 Å². The monoisotopic (exact) mass is 428 g/mol. The fourth-order valence-corrected chi connectivity index (χ4v) is 3.23. The Balaban J connectivity index is 1.91. The number of aryl methyl sites for hydroxylation is 1. The van der Waals surface area contributed by atoms with E-state index in [4.69, 9.17) is 9.47 Å². The molecular formula is C25H23F3O3. The number of rotatable bonds is 6. The lowest BCUT2D eigenvalue weighted by atomic mass is 9.96. The van der Waals surface area contributed by atoms with Gasteiger partial charge in [-0.3, -0.25) is 0 Å². The van der Waals surface area contributed by atoms with Gasteiger partial charge in [-0.05, 0) is 47.8 Å². The maximum atomic E-state index is 14.7. The lowest BCUT2D eigenvalue weighted by Gasteiger charge is -2.24. The van der Waals surface area contributed by atoms with Gasteiger partial charge in [-0.25, -0.2) is 13.6 Å². The first-order valence-corrected chi connectivity index (χ1v) is 10.0. The number of halogens is 3. The van der Waals surface area contributed by atoms with Crippen molar-refractivity contribution in [1.29, 1.82) is 0 Å². The number of benzene rings is 2. The maximum Gasteiger partial charge on any atom is 0.346 e. The molecule has 1 aliphatic heterocycles. The second kappa shape index (κ2) is 9.25. The van der Waals surface area contributed by atoms with Gasteiger partial charge in [-0.15, -0.1) is 0 Å². The minimum Gasteiger partial charge on any atom is -0.450 e. The van der Waals surface area contributed by atoms with Crippen molar-refractivity contribution in [1.82, 2.24) is 0 Å². The Morgan fingerprint density at radius 2 is 1.84 bits per heavy atom. The molecule has 0 fully saturated rings. The molecule has 1 heterocycles. The standard InChI is InChI=1S/C25H23F3O3/c1-5-7-16-8-10-18(11-9-16)30-25(29)19-13-17-12-15(4)23(20(26)14(3)6-2)31-24(17)22(28)21(19)27/h8-11,13H,3-7,12H2,1-2H3/b23-20-. The van der Waals surface area contributed by atoms with Crippen molar-refractivity contribution in [3.63, 3.8) is 0 Å². The highest BCUT2D eigenvalue weighted by Crippen LogP contribution is 2.39. The van der Waals surface area contributed by atoms with Crippen LogP contribution < -0.4 is 9.47 Å². The molecule has 0 atom stereocenters. The predicted molar refractivity (Wildman–Crippen MR) is 113 cm³/mol. The molecular weight excluding hydrogens is 405 g/mol. The summed E-state index contributed by atoms with van der Waals surface area (Å²) in [6.07, 6.45) is 2.16. The highest BCUT2D eigenvalue weighted by molar-refractivity contribution is 5.92. The molecule has 0 aliphatic carbocycles. The first kappa shape index (κ1) is 22.4. The van der Waals surface area contributed by atoms with Crippen LogP contribution in [0.4, 0.5) is 13.2 Å². The lowest BCUT2D eigenvalue weighted by Crippen LogP contribution is -2.18. The number of fused-ring (bicyclic) bond motifs is 1. The third-order valence-corrected chi connectivity index (χ3v) is 5.00. The molecule has 3 nitrogen and oxygen atoms in total. The molecule has 162 valence electrons. The zero-order valence-electron chi connectivity index (χ0n) is 17.5. The molecule has 0 radical (unpaired) electrons. The number of carbonyl (C=O) groups excluding carboxylic acids is 1. The van der Waals surface area contributed by atoms with Crippen LogP contribution in [0.1, 0.15) is 48.2 Å².